The van der Waals surface area contributed by atoms with Gasteiger partial charge in [0.1, 0.15) is 29.6 Å². The highest BCUT2D eigenvalue weighted by molar-refractivity contribution is 5.75. The summed E-state index contributed by atoms with van der Waals surface area (Å²) in [6, 6.07) is 10.5. The van der Waals surface area contributed by atoms with Gasteiger partial charge in [0.05, 0.1) is 6.61 Å². The minimum absolute atomic E-state index is 0.235. The van der Waals surface area contributed by atoms with Crippen molar-refractivity contribution in [1.29, 1.82) is 0 Å². The molecule has 1 aromatic heterocycles. The highest BCUT2D eigenvalue weighted by Crippen LogP contribution is 2.25. The Morgan fingerprint density at radius 1 is 1.06 bits per heavy atom. The molecule has 0 saturated heterocycles. The molecule has 3 rings (SSSR count). The molecule has 176 valence electrons. The van der Waals surface area contributed by atoms with E-state index < -0.39 is 6.10 Å². The van der Waals surface area contributed by atoms with Crippen LogP contribution in [0.4, 0.5) is 4.39 Å². The number of carbonyl (C=O) groups excluding carboxylic acids is 1. The maximum absolute atomic E-state index is 13.5. The molecular formula is C26H30FNO5. The highest BCUT2D eigenvalue weighted by Gasteiger charge is 2.21. The zero-order valence-electron chi connectivity index (χ0n) is 19.7. The molecule has 1 atom stereocenters. The summed E-state index contributed by atoms with van der Waals surface area (Å²) in [7, 11) is 0. The van der Waals surface area contributed by atoms with E-state index in [1.165, 1.54) is 6.07 Å². The number of oxazole rings is 1. The lowest BCUT2D eigenvalue weighted by atomic mass is 10.0. The van der Waals surface area contributed by atoms with E-state index in [1.807, 2.05) is 39.0 Å². The number of rotatable bonds is 10. The topological polar surface area (TPSA) is 70.8 Å². The van der Waals surface area contributed by atoms with Crippen LogP contribution in [-0.4, -0.2) is 30.3 Å². The minimum atomic E-state index is -0.633. The summed E-state index contributed by atoms with van der Waals surface area (Å²) in [5.74, 6) is 1.14. The molecule has 0 amide bonds. The van der Waals surface area contributed by atoms with Crippen molar-refractivity contribution in [3.8, 4) is 17.2 Å². The summed E-state index contributed by atoms with van der Waals surface area (Å²) in [5.41, 5.74) is 3.90. The Bertz CT molecular complexity index is 1110. The molecule has 0 saturated carbocycles. The number of esters is 1. The van der Waals surface area contributed by atoms with E-state index in [-0.39, 0.29) is 18.4 Å². The maximum Gasteiger partial charge on any atom is 0.335 e. The number of benzene rings is 2. The van der Waals surface area contributed by atoms with E-state index in [0.717, 1.165) is 11.1 Å². The van der Waals surface area contributed by atoms with Crippen molar-refractivity contribution >= 4 is 5.97 Å². The lowest BCUT2D eigenvalue weighted by Gasteiger charge is -2.17. The average Bonchev–Trinajstić information content (AvgIpc) is 3.16. The lowest BCUT2D eigenvalue weighted by molar-refractivity contribution is -0.156. The predicted octanol–water partition coefficient (Wildman–Crippen LogP) is 5.50. The van der Waals surface area contributed by atoms with E-state index in [2.05, 4.69) is 4.98 Å². The summed E-state index contributed by atoms with van der Waals surface area (Å²) in [6.45, 7) is 10.1. The first-order valence-electron chi connectivity index (χ1n) is 11.1. The van der Waals surface area contributed by atoms with Crippen molar-refractivity contribution in [2.45, 2.75) is 53.8 Å². The summed E-state index contributed by atoms with van der Waals surface area (Å²) in [5, 5.41) is 0. The van der Waals surface area contributed by atoms with Gasteiger partial charge in [-0.25, -0.2) is 14.2 Å². The third-order valence-corrected chi connectivity index (χ3v) is 5.31. The highest BCUT2D eigenvalue weighted by atomic mass is 19.1. The Morgan fingerprint density at radius 2 is 1.85 bits per heavy atom. The van der Waals surface area contributed by atoms with Crippen LogP contribution < -0.4 is 4.74 Å². The third kappa shape index (κ3) is 6.20. The number of aryl methyl sites for hydroxylation is 3. The SMILES string of the molecule is CCOC(=O)C(Cc1ccc(OCc2nc(-c3ccc(F)c(C)c3)oc2C)cc1C)OCC. The molecule has 33 heavy (non-hydrogen) atoms. The zero-order chi connectivity index (χ0) is 24.0. The van der Waals surface area contributed by atoms with E-state index in [0.29, 0.717) is 53.9 Å². The molecule has 0 fully saturated rings. The Kier molecular flexibility index (Phi) is 8.22. The van der Waals surface area contributed by atoms with Crippen LogP contribution >= 0.6 is 0 Å². The summed E-state index contributed by atoms with van der Waals surface area (Å²) in [4.78, 5) is 16.7. The van der Waals surface area contributed by atoms with Crippen molar-refractivity contribution in [2.75, 3.05) is 13.2 Å². The molecule has 0 aliphatic carbocycles. The van der Waals surface area contributed by atoms with Gasteiger partial charge in [0.15, 0.2) is 6.10 Å². The molecule has 1 unspecified atom stereocenters. The lowest BCUT2D eigenvalue weighted by Crippen LogP contribution is -2.29. The molecule has 0 spiro atoms. The van der Waals surface area contributed by atoms with Crippen molar-refractivity contribution in [3.63, 3.8) is 0 Å². The Hall–Kier alpha value is -3.19. The average molecular weight is 456 g/mol. The van der Waals surface area contributed by atoms with Crippen LogP contribution in [0.5, 0.6) is 5.75 Å². The monoisotopic (exact) mass is 455 g/mol. The molecule has 0 aliphatic rings. The second-order valence-corrected chi connectivity index (χ2v) is 7.76. The summed E-state index contributed by atoms with van der Waals surface area (Å²) >= 11 is 0. The van der Waals surface area contributed by atoms with Crippen LogP contribution in [0.25, 0.3) is 11.5 Å². The van der Waals surface area contributed by atoms with E-state index in [1.54, 1.807) is 26.0 Å². The second kappa shape index (κ2) is 11.1. The maximum atomic E-state index is 13.5. The van der Waals surface area contributed by atoms with Crippen molar-refractivity contribution < 1.29 is 27.8 Å². The molecule has 0 aliphatic heterocycles. The van der Waals surface area contributed by atoms with Gasteiger partial charge in [-0.05, 0) is 81.6 Å². The minimum Gasteiger partial charge on any atom is -0.487 e. The summed E-state index contributed by atoms with van der Waals surface area (Å²) < 4.78 is 35.9. The fourth-order valence-corrected chi connectivity index (χ4v) is 3.45. The molecule has 6 nitrogen and oxygen atoms in total. The van der Waals surface area contributed by atoms with Gasteiger partial charge in [-0.1, -0.05) is 6.07 Å². The molecule has 2 aromatic carbocycles. The van der Waals surface area contributed by atoms with E-state index in [4.69, 9.17) is 18.6 Å². The standard InChI is InChI=1S/C26H30FNO5/c1-6-30-24(26(29)31-7-2)14-19-8-10-21(13-16(19)3)32-15-23-18(5)33-25(28-23)20-9-11-22(27)17(4)12-20/h8-13,24H,6-7,14-15H2,1-5H3. The van der Waals surface area contributed by atoms with Crippen LogP contribution in [-0.2, 0) is 27.3 Å². The third-order valence-electron chi connectivity index (χ3n) is 5.31. The molecule has 3 aromatic rings. The van der Waals surface area contributed by atoms with Gasteiger partial charge >= 0.3 is 5.97 Å². The second-order valence-electron chi connectivity index (χ2n) is 7.76. The van der Waals surface area contributed by atoms with Gasteiger partial charge in [-0.3, -0.25) is 0 Å². The molecule has 0 bridgehead atoms. The van der Waals surface area contributed by atoms with Crippen LogP contribution in [0.3, 0.4) is 0 Å². The summed E-state index contributed by atoms with van der Waals surface area (Å²) in [6.07, 6.45) is -0.200. The van der Waals surface area contributed by atoms with Crippen LogP contribution in [0.1, 0.15) is 42.0 Å². The van der Waals surface area contributed by atoms with Gasteiger partial charge in [-0.2, -0.15) is 0 Å². The number of aromatic nitrogens is 1. The van der Waals surface area contributed by atoms with Crippen LogP contribution in [0.2, 0.25) is 0 Å². The van der Waals surface area contributed by atoms with Crippen molar-refractivity contribution in [2.24, 2.45) is 0 Å². The van der Waals surface area contributed by atoms with Crippen molar-refractivity contribution in [1.82, 2.24) is 4.98 Å². The molecule has 0 radical (unpaired) electrons. The van der Waals surface area contributed by atoms with Gasteiger partial charge in [-0.15, -0.1) is 0 Å². The number of carbonyl (C=O) groups is 1. The fourth-order valence-electron chi connectivity index (χ4n) is 3.45. The number of hydrogen-bond donors (Lipinski definition) is 0. The Labute approximate surface area is 193 Å². The van der Waals surface area contributed by atoms with Gasteiger partial charge in [0.2, 0.25) is 5.89 Å². The molecule has 7 heteroatoms. The largest absolute Gasteiger partial charge is 0.487 e. The first kappa shape index (κ1) is 24.5. The fraction of sp³-hybridized carbons (Fsp3) is 0.385. The first-order chi connectivity index (χ1) is 15.8. The Balaban J connectivity index is 1.67. The molecule has 0 N–H and O–H groups in total. The Morgan fingerprint density at radius 3 is 2.52 bits per heavy atom. The first-order valence-corrected chi connectivity index (χ1v) is 11.1. The normalized spacial score (nSPS) is 11.9. The molecule has 1 heterocycles. The van der Waals surface area contributed by atoms with Crippen LogP contribution in [0.15, 0.2) is 40.8 Å². The number of nitrogens with zero attached hydrogens (tertiary/aromatic N) is 1. The smallest absolute Gasteiger partial charge is 0.335 e. The van der Waals surface area contributed by atoms with Crippen LogP contribution in [0, 0.1) is 26.6 Å². The van der Waals surface area contributed by atoms with Gasteiger partial charge in [0, 0.05) is 18.6 Å². The number of hydrogen-bond acceptors (Lipinski definition) is 6. The van der Waals surface area contributed by atoms with Crippen molar-refractivity contribution in [3.05, 3.63) is 70.4 Å². The van der Waals surface area contributed by atoms with E-state index in [9.17, 15) is 9.18 Å². The quantitative estimate of drug-likeness (QED) is 0.376. The number of ether oxygens (including phenoxy) is 3. The van der Waals surface area contributed by atoms with Gasteiger partial charge in [0.25, 0.3) is 0 Å². The zero-order valence-corrected chi connectivity index (χ0v) is 19.7. The van der Waals surface area contributed by atoms with Gasteiger partial charge < -0.3 is 18.6 Å². The molecular weight excluding hydrogens is 425 g/mol. The predicted molar refractivity (Wildman–Crippen MR) is 123 cm³/mol. The number of halogens is 1. The van der Waals surface area contributed by atoms with E-state index >= 15 is 0 Å².